The van der Waals surface area contributed by atoms with Crippen molar-refractivity contribution in [2.45, 2.75) is 194 Å². The number of aliphatic hydroxyl groups excluding tert-OH is 2. The second-order valence-electron chi connectivity index (χ2n) is 21.8. The Morgan fingerprint density at radius 1 is 0.880 bits per heavy atom. The van der Waals surface area contributed by atoms with Crippen LogP contribution in [-0.4, -0.2) is 184 Å². The van der Waals surface area contributed by atoms with E-state index in [2.05, 4.69) is 16.0 Å². The molecule has 21 nitrogen and oxygen atoms in total. The fourth-order valence-electron chi connectivity index (χ4n) is 10.1. The lowest BCUT2D eigenvalue weighted by Crippen LogP contribution is -2.62. The summed E-state index contributed by atoms with van der Waals surface area (Å²) in [7, 11) is 4.34. The Kier molecular flexibility index (Phi) is 22.9. The van der Waals surface area contributed by atoms with Gasteiger partial charge in [0.25, 0.3) is 11.8 Å². The highest BCUT2D eigenvalue weighted by molar-refractivity contribution is 5.97. The minimum absolute atomic E-state index is 0.0924. The maximum Gasteiger partial charge on any atom is 0.329 e. The van der Waals surface area contributed by atoms with Crippen molar-refractivity contribution in [2.24, 2.45) is 23.7 Å². The van der Waals surface area contributed by atoms with Crippen LogP contribution in [0.15, 0.2) is 24.3 Å². The van der Waals surface area contributed by atoms with Crippen LogP contribution in [0, 0.1) is 23.7 Å². The van der Waals surface area contributed by atoms with E-state index >= 15 is 0 Å². The monoisotopic (exact) mass is 1060 g/mol. The van der Waals surface area contributed by atoms with E-state index < -0.39 is 138 Å². The van der Waals surface area contributed by atoms with Crippen LogP contribution >= 0.6 is 0 Å². The minimum Gasteiger partial charge on any atom is -0.497 e. The predicted molar refractivity (Wildman–Crippen MR) is 276 cm³/mol. The van der Waals surface area contributed by atoms with Crippen LogP contribution < -0.4 is 20.7 Å². The lowest BCUT2D eigenvalue weighted by atomic mass is 9.92. The molecule has 1 aromatic rings. The topological polar surface area (TPSA) is 271 Å². The molecule has 0 spiro atoms. The number of likely N-dealkylation sites (N-methyl/N-ethyl adjacent to an activating group) is 2. The van der Waals surface area contributed by atoms with Gasteiger partial charge >= 0.3 is 11.9 Å². The van der Waals surface area contributed by atoms with Crippen molar-refractivity contribution in [1.29, 1.82) is 0 Å². The molecule has 4 rings (SSSR count). The number of methoxy groups -OCH3 is 1. The number of esters is 2. The fourth-order valence-corrected chi connectivity index (χ4v) is 10.1. The Labute approximate surface area is 442 Å². The number of amides is 7. The van der Waals surface area contributed by atoms with Crippen LogP contribution in [0.1, 0.15) is 126 Å². The molecule has 3 heterocycles. The molecule has 0 radical (unpaired) electrons. The van der Waals surface area contributed by atoms with Crippen molar-refractivity contribution in [2.75, 3.05) is 34.3 Å². The van der Waals surface area contributed by atoms with E-state index in [0.29, 0.717) is 30.6 Å². The maximum absolute atomic E-state index is 14.9. The van der Waals surface area contributed by atoms with Crippen LogP contribution in [0.4, 0.5) is 0 Å². The molecule has 0 aliphatic carbocycles. The van der Waals surface area contributed by atoms with Crippen molar-refractivity contribution in [3.8, 4) is 5.75 Å². The summed E-state index contributed by atoms with van der Waals surface area (Å²) in [5.41, 5.74) is 0.597. The van der Waals surface area contributed by atoms with E-state index in [-0.39, 0.29) is 57.0 Å². The van der Waals surface area contributed by atoms with Gasteiger partial charge in [-0.05, 0) is 93.7 Å². The molecule has 1 unspecified atom stereocenters. The fraction of sp³-hybridized carbons (Fsp3) is 0.722. The summed E-state index contributed by atoms with van der Waals surface area (Å²) < 4.78 is 17.2. The average Bonchev–Trinajstić information content (AvgIpc) is 4.06. The number of aliphatic hydroxyl groups is 2. The van der Waals surface area contributed by atoms with E-state index in [9.17, 15) is 53.4 Å². The number of hydrogen-bond acceptors (Lipinski definition) is 14. The quantitative estimate of drug-likeness (QED) is 0.158. The van der Waals surface area contributed by atoms with Gasteiger partial charge in [0.05, 0.1) is 25.7 Å². The molecule has 0 aromatic heterocycles. The molecule has 21 heteroatoms. The molecule has 5 N–H and O–H groups in total. The smallest absolute Gasteiger partial charge is 0.329 e. The van der Waals surface area contributed by atoms with Crippen LogP contribution in [0.3, 0.4) is 0 Å². The van der Waals surface area contributed by atoms with E-state index in [1.54, 1.807) is 52.0 Å². The van der Waals surface area contributed by atoms with Crippen LogP contribution in [0.2, 0.25) is 0 Å². The second kappa shape index (κ2) is 27.8. The number of hydrogen-bond donors (Lipinski definition) is 5. The highest BCUT2D eigenvalue weighted by Gasteiger charge is 2.45. The first-order valence-corrected chi connectivity index (χ1v) is 26.7. The molecular formula is C54H85N7O14. The largest absolute Gasteiger partial charge is 0.497 e. The van der Waals surface area contributed by atoms with Gasteiger partial charge in [0, 0.05) is 33.6 Å². The van der Waals surface area contributed by atoms with E-state index in [0.717, 1.165) is 0 Å². The number of rotatable bonds is 15. The molecular weight excluding hydrogens is 971 g/mol. The lowest BCUT2D eigenvalue weighted by Gasteiger charge is -2.36. The van der Waals surface area contributed by atoms with Gasteiger partial charge in [-0.1, -0.05) is 73.9 Å². The van der Waals surface area contributed by atoms with Gasteiger partial charge in [0.15, 0.2) is 6.10 Å². The predicted octanol–water partition coefficient (Wildman–Crippen LogP) is 2.11. The minimum atomic E-state index is -1.73. The van der Waals surface area contributed by atoms with Crippen molar-refractivity contribution < 1.29 is 67.6 Å². The third kappa shape index (κ3) is 16.1. The Morgan fingerprint density at radius 2 is 1.52 bits per heavy atom. The zero-order chi connectivity index (χ0) is 56.2. The zero-order valence-corrected chi connectivity index (χ0v) is 46.3. The molecule has 0 saturated carbocycles. The number of carbonyl (C=O) groups excluding carboxylic acids is 9. The summed E-state index contributed by atoms with van der Waals surface area (Å²) in [5, 5.41) is 30.2. The molecule has 3 aliphatic heterocycles. The SMILES string of the molecule is CC[C@H](C)[C@@H]1NC(=O)[C@@H](NC(=O)[C@@H](CC(C)C)N(C)C(=O)[C@@H]2CCCN2C(=O)[C@@H](C)O)[C@@H](C)OC(=O)[C@H](Cc2ccc(OC)cc2)N(C)C(=O)C2CCCN2C(=O)[C@H](CC(C)C)NC(=O)[C@H](C(C)C)OC(=O)C[C@@H]1O. The van der Waals surface area contributed by atoms with Gasteiger partial charge in [-0.2, -0.15) is 0 Å². The first-order valence-electron chi connectivity index (χ1n) is 26.7. The lowest BCUT2D eigenvalue weighted by molar-refractivity contribution is -0.162. The van der Waals surface area contributed by atoms with Crippen molar-refractivity contribution in [3.05, 3.63) is 29.8 Å². The standard InChI is InChI=1S/C54H85N7O14/c1-14-32(8)44-42(63)28-43(64)75-46(31(6)7)49(67)55-37(25-29(2)3)51(69)61-24-16-18-39(61)53(71)59(12)41(27-35-19-21-36(73-13)22-20-35)54(72)74-34(10)45(48(66)56-44)57-47(65)40(26-30(4)5)58(11)52(70)38-17-15-23-60(38)50(68)33(9)62/h19-22,29-34,37-42,44-46,62-63H,14-18,23-28H2,1-13H3,(H,55,67)(H,56,66)(H,57,65)/t32-,33+,34+,37-,38-,39?,40+,41-,42-,44-,45-,46-/m0/s1. The molecule has 1 aromatic carbocycles. The molecule has 7 amide bonds. The van der Waals surface area contributed by atoms with Gasteiger partial charge in [0.1, 0.15) is 54.2 Å². The van der Waals surface area contributed by atoms with Crippen molar-refractivity contribution in [3.63, 3.8) is 0 Å². The third-order valence-electron chi connectivity index (χ3n) is 14.6. The molecule has 0 bridgehead atoms. The summed E-state index contributed by atoms with van der Waals surface area (Å²) in [4.78, 5) is 134. The summed E-state index contributed by atoms with van der Waals surface area (Å²) >= 11 is 0. The molecule has 3 saturated heterocycles. The summed E-state index contributed by atoms with van der Waals surface area (Å²) in [6, 6.07) is -1.85. The highest BCUT2D eigenvalue weighted by Crippen LogP contribution is 2.27. The second-order valence-corrected chi connectivity index (χ2v) is 21.8. The highest BCUT2D eigenvalue weighted by atomic mass is 16.6. The Balaban J connectivity index is 1.87. The van der Waals surface area contributed by atoms with Gasteiger partial charge in [-0.15, -0.1) is 0 Å². The first-order chi connectivity index (χ1) is 35.2. The summed E-state index contributed by atoms with van der Waals surface area (Å²) in [6.07, 6.45) is -4.56. The number of carbonyl (C=O) groups is 9. The Hall–Kier alpha value is -5.83. The number of cyclic esters (lactones) is 2. The molecule has 12 atom stereocenters. The number of nitrogens with zero attached hydrogens (tertiary/aromatic N) is 4. The summed E-state index contributed by atoms with van der Waals surface area (Å²) in [5.74, 6) is -7.61. The average molecular weight is 1060 g/mol. The molecule has 3 aliphatic rings. The first kappa shape index (κ1) is 61.7. The Bertz CT molecular complexity index is 2170. The Morgan fingerprint density at radius 3 is 2.09 bits per heavy atom. The molecule has 420 valence electrons. The third-order valence-corrected chi connectivity index (χ3v) is 14.6. The van der Waals surface area contributed by atoms with Crippen LogP contribution in [0.25, 0.3) is 0 Å². The van der Waals surface area contributed by atoms with Gasteiger partial charge in [0.2, 0.25) is 29.5 Å². The molecule has 3 fully saturated rings. The van der Waals surface area contributed by atoms with E-state index in [1.165, 1.54) is 54.7 Å². The number of nitrogens with one attached hydrogen (secondary N) is 3. The normalized spacial score (nSPS) is 27.2. The van der Waals surface area contributed by atoms with Gasteiger partial charge in [-0.25, -0.2) is 4.79 Å². The van der Waals surface area contributed by atoms with Crippen molar-refractivity contribution in [1.82, 2.24) is 35.6 Å². The van der Waals surface area contributed by atoms with Gasteiger partial charge < -0.3 is 60.0 Å². The van der Waals surface area contributed by atoms with Crippen LogP contribution in [-0.2, 0) is 59.0 Å². The number of ether oxygens (including phenoxy) is 3. The van der Waals surface area contributed by atoms with E-state index in [4.69, 9.17) is 14.2 Å². The number of benzene rings is 1. The maximum atomic E-state index is 14.9. The van der Waals surface area contributed by atoms with E-state index in [1.807, 2.05) is 27.7 Å². The number of fused-ring (bicyclic) bond motifs is 1. The van der Waals surface area contributed by atoms with Crippen molar-refractivity contribution >= 4 is 53.3 Å². The zero-order valence-electron chi connectivity index (χ0n) is 46.3. The summed E-state index contributed by atoms with van der Waals surface area (Å²) in [6.45, 7) is 17.3. The number of likely N-dealkylation sites (tertiary alicyclic amines) is 1. The molecule has 75 heavy (non-hydrogen) atoms. The van der Waals surface area contributed by atoms with Crippen LogP contribution in [0.5, 0.6) is 5.75 Å². The van der Waals surface area contributed by atoms with Gasteiger partial charge in [-0.3, -0.25) is 38.4 Å².